The lowest BCUT2D eigenvalue weighted by atomic mass is 10.0. The third-order valence-corrected chi connectivity index (χ3v) is 6.82. The van der Waals surface area contributed by atoms with E-state index in [2.05, 4.69) is 23.9 Å². The van der Waals surface area contributed by atoms with Crippen LogP contribution in [-0.2, 0) is 10.0 Å². The van der Waals surface area contributed by atoms with E-state index in [1.807, 2.05) is 18.2 Å². The number of sulfonamides is 1. The van der Waals surface area contributed by atoms with E-state index >= 15 is 0 Å². The second-order valence-corrected chi connectivity index (χ2v) is 9.99. The molecule has 0 aromatic heterocycles. The molecule has 0 radical (unpaired) electrons. The summed E-state index contributed by atoms with van der Waals surface area (Å²) in [5.74, 6) is -0.116. The highest BCUT2D eigenvalue weighted by Gasteiger charge is 2.25. The van der Waals surface area contributed by atoms with E-state index in [4.69, 9.17) is 9.47 Å². The van der Waals surface area contributed by atoms with Gasteiger partial charge < -0.3 is 14.8 Å². The SMILES string of the molecule is CC(C)c1ccc(NC(=O)c2cc(S(=O)(=O)NC[C@@H]3COc4ccccc4O3)ccc2F)cc1. The molecule has 1 atom stereocenters. The Morgan fingerprint density at radius 3 is 2.47 bits per heavy atom. The van der Waals surface area contributed by atoms with Gasteiger partial charge in [-0.3, -0.25) is 4.79 Å². The number of para-hydroxylation sites is 2. The topological polar surface area (TPSA) is 93.7 Å². The van der Waals surface area contributed by atoms with Crippen LogP contribution < -0.4 is 19.5 Å². The number of nitrogens with one attached hydrogen (secondary N) is 2. The molecule has 0 fully saturated rings. The smallest absolute Gasteiger partial charge is 0.258 e. The number of anilines is 1. The van der Waals surface area contributed by atoms with E-state index in [9.17, 15) is 17.6 Å². The van der Waals surface area contributed by atoms with Crippen molar-refractivity contribution in [1.82, 2.24) is 4.72 Å². The van der Waals surface area contributed by atoms with Crippen molar-refractivity contribution in [2.24, 2.45) is 0 Å². The molecule has 3 aromatic carbocycles. The third-order valence-electron chi connectivity index (χ3n) is 5.40. The summed E-state index contributed by atoms with van der Waals surface area (Å²) in [6.07, 6.45) is -0.540. The van der Waals surface area contributed by atoms with Crippen molar-refractivity contribution in [3.05, 3.63) is 83.7 Å². The van der Waals surface area contributed by atoms with Gasteiger partial charge in [0.05, 0.1) is 17.0 Å². The molecule has 1 heterocycles. The Kier molecular flexibility index (Phi) is 6.85. The zero-order valence-electron chi connectivity index (χ0n) is 18.7. The van der Waals surface area contributed by atoms with Gasteiger partial charge in [0, 0.05) is 5.69 Å². The maximum atomic E-state index is 14.4. The number of fused-ring (bicyclic) bond motifs is 1. The Balaban J connectivity index is 1.44. The molecule has 9 heteroatoms. The van der Waals surface area contributed by atoms with Gasteiger partial charge in [-0.2, -0.15) is 0 Å². The first-order valence-electron chi connectivity index (χ1n) is 10.8. The van der Waals surface area contributed by atoms with Crippen LogP contribution in [0.2, 0.25) is 0 Å². The molecule has 1 aliphatic heterocycles. The molecule has 3 aromatic rings. The molecule has 2 N–H and O–H groups in total. The number of carbonyl (C=O) groups is 1. The summed E-state index contributed by atoms with van der Waals surface area (Å²) in [5, 5.41) is 2.61. The number of hydrogen-bond donors (Lipinski definition) is 2. The number of amides is 1. The molecule has 34 heavy (non-hydrogen) atoms. The van der Waals surface area contributed by atoms with E-state index in [-0.39, 0.29) is 23.6 Å². The van der Waals surface area contributed by atoms with E-state index in [1.165, 1.54) is 0 Å². The summed E-state index contributed by atoms with van der Waals surface area (Å²) in [6, 6.07) is 17.4. The largest absolute Gasteiger partial charge is 0.486 e. The highest BCUT2D eigenvalue weighted by molar-refractivity contribution is 7.89. The molecule has 1 aliphatic rings. The van der Waals surface area contributed by atoms with Gasteiger partial charge in [-0.15, -0.1) is 0 Å². The predicted octanol–water partition coefficient (Wildman–Crippen LogP) is 4.32. The number of ether oxygens (including phenoxy) is 2. The monoisotopic (exact) mass is 484 g/mol. The quantitative estimate of drug-likeness (QED) is 0.521. The molecule has 7 nitrogen and oxygen atoms in total. The zero-order valence-corrected chi connectivity index (χ0v) is 19.6. The molecule has 0 unspecified atom stereocenters. The summed E-state index contributed by atoms with van der Waals surface area (Å²) in [7, 11) is -4.03. The fourth-order valence-corrected chi connectivity index (χ4v) is 4.54. The van der Waals surface area contributed by atoms with Crippen LogP contribution in [-0.4, -0.2) is 33.6 Å². The summed E-state index contributed by atoms with van der Waals surface area (Å²) in [6.45, 7) is 4.22. The number of carbonyl (C=O) groups excluding carboxylic acids is 1. The lowest BCUT2D eigenvalue weighted by molar-refractivity contribution is 0.0943. The summed E-state index contributed by atoms with van der Waals surface area (Å²) in [4.78, 5) is 12.4. The van der Waals surface area contributed by atoms with Crippen LogP contribution >= 0.6 is 0 Å². The molecule has 4 rings (SSSR count). The summed E-state index contributed by atoms with van der Waals surface area (Å²) < 4.78 is 53.8. The lowest BCUT2D eigenvalue weighted by Crippen LogP contribution is -2.40. The van der Waals surface area contributed by atoms with Crippen molar-refractivity contribution in [3.8, 4) is 11.5 Å². The number of benzene rings is 3. The maximum absolute atomic E-state index is 14.4. The first kappa shape index (κ1) is 23.7. The zero-order chi connectivity index (χ0) is 24.3. The van der Waals surface area contributed by atoms with Crippen LogP contribution in [0.3, 0.4) is 0 Å². The molecule has 1 amide bonds. The standard InChI is InChI=1S/C25H25FN2O5S/c1-16(2)17-7-9-18(10-8-17)28-25(29)21-13-20(11-12-22(21)26)34(30,31)27-14-19-15-32-23-5-3-4-6-24(23)33-19/h3-13,16,19,27H,14-15H2,1-2H3,(H,28,29)/t19-/m1/s1. The Bertz CT molecular complexity index is 1290. The Morgan fingerprint density at radius 2 is 1.76 bits per heavy atom. The minimum absolute atomic E-state index is 0.0578. The van der Waals surface area contributed by atoms with Gasteiger partial charge in [0.15, 0.2) is 11.5 Å². The normalized spacial score (nSPS) is 15.2. The van der Waals surface area contributed by atoms with Gasteiger partial charge in [-0.25, -0.2) is 17.5 Å². The van der Waals surface area contributed by atoms with Crippen molar-refractivity contribution in [3.63, 3.8) is 0 Å². The fraction of sp³-hybridized carbons (Fsp3) is 0.240. The molecule has 0 bridgehead atoms. The van der Waals surface area contributed by atoms with Crippen molar-refractivity contribution < 1.29 is 27.1 Å². The van der Waals surface area contributed by atoms with Gasteiger partial charge >= 0.3 is 0 Å². The Labute approximate surface area is 198 Å². The minimum Gasteiger partial charge on any atom is -0.486 e. The van der Waals surface area contributed by atoms with Crippen LogP contribution in [0.15, 0.2) is 71.6 Å². The molecule has 0 saturated heterocycles. The first-order valence-corrected chi connectivity index (χ1v) is 12.3. The lowest BCUT2D eigenvalue weighted by Gasteiger charge is -2.26. The first-order chi connectivity index (χ1) is 16.2. The van der Waals surface area contributed by atoms with Gasteiger partial charge in [-0.1, -0.05) is 38.1 Å². The van der Waals surface area contributed by atoms with Gasteiger partial charge in [0.2, 0.25) is 10.0 Å². The maximum Gasteiger partial charge on any atom is 0.258 e. The second-order valence-electron chi connectivity index (χ2n) is 8.22. The van der Waals surface area contributed by atoms with Crippen LogP contribution in [0.4, 0.5) is 10.1 Å². The predicted molar refractivity (Wildman–Crippen MR) is 126 cm³/mol. The Morgan fingerprint density at radius 1 is 1.06 bits per heavy atom. The second kappa shape index (κ2) is 9.82. The van der Waals surface area contributed by atoms with Crippen molar-refractivity contribution in [2.75, 3.05) is 18.5 Å². The van der Waals surface area contributed by atoms with E-state index < -0.39 is 27.9 Å². The van der Waals surface area contributed by atoms with Gasteiger partial charge in [0.1, 0.15) is 18.5 Å². The number of rotatable bonds is 7. The molecule has 0 saturated carbocycles. The number of hydrogen-bond acceptors (Lipinski definition) is 5. The van der Waals surface area contributed by atoms with Crippen LogP contribution in [0.1, 0.15) is 35.7 Å². The average molecular weight is 485 g/mol. The molecule has 0 spiro atoms. The van der Waals surface area contributed by atoms with E-state index in [1.54, 1.807) is 30.3 Å². The highest BCUT2D eigenvalue weighted by atomic mass is 32.2. The molecular weight excluding hydrogens is 459 g/mol. The minimum atomic E-state index is -4.03. The van der Waals surface area contributed by atoms with Crippen LogP contribution in [0.5, 0.6) is 11.5 Å². The van der Waals surface area contributed by atoms with Crippen LogP contribution in [0, 0.1) is 5.82 Å². The van der Waals surface area contributed by atoms with E-state index in [0.29, 0.717) is 23.1 Å². The van der Waals surface area contributed by atoms with Gasteiger partial charge in [-0.05, 0) is 53.9 Å². The Hall–Kier alpha value is -3.43. The number of halogens is 1. The summed E-state index contributed by atoms with van der Waals surface area (Å²) >= 11 is 0. The average Bonchev–Trinajstić information content (AvgIpc) is 2.83. The molecule has 178 valence electrons. The van der Waals surface area contributed by atoms with Gasteiger partial charge in [0.25, 0.3) is 5.91 Å². The van der Waals surface area contributed by atoms with Crippen molar-refractivity contribution in [1.29, 1.82) is 0 Å². The van der Waals surface area contributed by atoms with Crippen LogP contribution in [0.25, 0.3) is 0 Å². The summed E-state index contributed by atoms with van der Waals surface area (Å²) in [5.41, 5.74) is 1.20. The molecule has 0 aliphatic carbocycles. The van der Waals surface area contributed by atoms with E-state index in [0.717, 1.165) is 23.8 Å². The highest BCUT2D eigenvalue weighted by Crippen LogP contribution is 2.30. The van der Waals surface area contributed by atoms with Crippen molar-refractivity contribution >= 4 is 21.6 Å². The van der Waals surface area contributed by atoms with Crippen molar-refractivity contribution in [2.45, 2.75) is 30.8 Å². The third kappa shape index (κ3) is 5.37. The molecular formula is C25H25FN2O5S. The fourth-order valence-electron chi connectivity index (χ4n) is 3.44.